The standard InChI is InChI=1S/C12H16N4O/c13-9-12(5-3-1-2-4-6-12)16-11(17)10-7-14-15-8-10/h7-8H,1-6H2,(H,14,15)(H,16,17). The van der Waals surface area contributed by atoms with E-state index in [1.807, 2.05) is 0 Å². The SMILES string of the molecule is N#CC1(NC(=O)c2cn[nH]c2)CCCCCC1. The predicted octanol–water partition coefficient (Wildman–Crippen LogP) is 1.76. The van der Waals surface area contributed by atoms with Gasteiger partial charge in [0.1, 0.15) is 5.54 Å². The number of carbonyl (C=O) groups excluding carboxylic acids is 1. The topological polar surface area (TPSA) is 81.6 Å². The Balaban J connectivity index is 2.09. The van der Waals surface area contributed by atoms with E-state index in [0.717, 1.165) is 38.5 Å². The molecule has 1 aromatic heterocycles. The molecule has 0 saturated heterocycles. The second-order valence-corrected chi connectivity index (χ2v) is 4.55. The van der Waals surface area contributed by atoms with Crippen molar-refractivity contribution >= 4 is 5.91 Å². The Hall–Kier alpha value is -1.83. The van der Waals surface area contributed by atoms with Crippen molar-refractivity contribution in [2.24, 2.45) is 0 Å². The predicted molar refractivity (Wildman–Crippen MR) is 62.1 cm³/mol. The number of carbonyl (C=O) groups is 1. The number of amides is 1. The molecule has 1 aliphatic carbocycles. The molecule has 1 aromatic rings. The monoisotopic (exact) mass is 232 g/mol. The lowest BCUT2D eigenvalue weighted by atomic mass is 9.91. The van der Waals surface area contributed by atoms with Crippen molar-refractivity contribution in [2.75, 3.05) is 0 Å². The number of H-pyrrole nitrogens is 1. The summed E-state index contributed by atoms with van der Waals surface area (Å²) >= 11 is 0. The molecule has 1 saturated carbocycles. The minimum atomic E-state index is -0.690. The molecular formula is C12H16N4O. The van der Waals surface area contributed by atoms with E-state index in [9.17, 15) is 10.1 Å². The summed E-state index contributed by atoms with van der Waals surface area (Å²) in [5.41, 5.74) is -0.214. The highest BCUT2D eigenvalue weighted by atomic mass is 16.1. The number of nitrogens with zero attached hydrogens (tertiary/aromatic N) is 2. The quantitative estimate of drug-likeness (QED) is 0.762. The van der Waals surface area contributed by atoms with Gasteiger partial charge >= 0.3 is 0 Å². The molecule has 1 fully saturated rings. The van der Waals surface area contributed by atoms with E-state index in [2.05, 4.69) is 21.6 Å². The molecule has 0 unspecified atom stereocenters. The Labute approximate surface area is 100 Å². The Morgan fingerprint density at radius 3 is 2.65 bits per heavy atom. The molecule has 2 N–H and O–H groups in total. The lowest BCUT2D eigenvalue weighted by molar-refractivity contribution is 0.0913. The molecule has 0 radical (unpaired) electrons. The Morgan fingerprint density at radius 1 is 1.41 bits per heavy atom. The van der Waals surface area contributed by atoms with Crippen LogP contribution in [0.25, 0.3) is 0 Å². The van der Waals surface area contributed by atoms with E-state index < -0.39 is 5.54 Å². The number of hydrogen-bond acceptors (Lipinski definition) is 3. The van der Waals surface area contributed by atoms with Gasteiger partial charge in [-0.3, -0.25) is 9.89 Å². The number of aromatic amines is 1. The van der Waals surface area contributed by atoms with Crippen LogP contribution in [-0.2, 0) is 0 Å². The number of hydrogen-bond donors (Lipinski definition) is 2. The van der Waals surface area contributed by atoms with Crippen LogP contribution in [0.5, 0.6) is 0 Å². The smallest absolute Gasteiger partial charge is 0.255 e. The van der Waals surface area contributed by atoms with Gasteiger partial charge in [-0.1, -0.05) is 25.7 Å². The lowest BCUT2D eigenvalue weighted by Gasteiger charge is -2.25. The van der Waals surface area contributed by atoms with Gasteiger partial charge in [0.2, 0.25) is 0 Å². The van der Waals surface area contributed by atoms with Crippen LogP contribution in [-0.4, -0.2) is 21.6 Å². The van der Waals surface area contributed by atoms with Gasteiger partial charge in [0.25, 0.3) is 5.91 Å². The summed E-state index contributed by atoms with van der Waals surface area (Å²) in [6.07, 6.45) is 8.78. The fraction of sp³-hybridized carbons (Fsp3) is 0.583. The van der Waals surface area contributed by atoms with Crippen LogP contribution in [0.15, 0.2) is 12.4 Å². The minimum Gasteiger partial charge on any atom is -0.334 e. The second kappa shape index (κ2) is 5.00. The van der Waals surface area contributed by atoms with E-state index in [4.69, 9.17) is 0 Å². The van der Waals surface area contributed by atoms with Crippen molar-refractivity contribution in [1.29, 1.82) is 5.26 Å². The fourth-order valence-corrected chi connectivity index (χ4v) is 2.26. The first-order chi connectivity index (χ1) is 8.26. The van der Waals surface area contributed by atoms with Crippen molar-refractivity contribution < 1.29 is 4.79 Å². The summed E-state index contributed by atoms with van der Waals surface area (Å²) < 4.78 is 0. The van der Waals surface area contributed by atoms with Crippen LogP contribution in [0.1, 0.15) is 48.9 Å². The molecule has 17 heavy (non-hydrogen) atoms. The van der Waals surface area contributed by atoms with Gasteiger partial charge in [0.05, 0.1) is 17.8 Å². The zero-order chi connectivity index (χ0) is 12.1. The molecule has 5 nitrogen and oxygen atoms in total. The highest BCUT2D eigenvalue weighted by molar-refractivity contribution is 5.94. The van der Waals surface area contributed by atoms with Gasteiger partial charge in [-0.2, -0.15) is 10.4 Å². The van der Waals surface area contributed by atoms with Gasteiger partial charge in [-0.05, 0) is 12.8 Å². The maximum Gasteiger partial charge on any atom is 0.255 e. The Morgan fingerprint density at radius 2 is 2.12 bits per heavy atom. The Kier molecular flexibility index (Phi) is 3.43. The van der Waals surface area contributed by atoms with E-state index in [-0.39, 0.29) is 5.91 Å². The zero-order valence-corrected chi connectivity index (χ0v) is 9.70. The molecule has 1 aliphatic rings. The molecular weight excluding hydrogens is 216 g/mol. The summed E-state index contributed by atoms with van der Waals surface area (Å²) in [6, 6.07) is 2.29. The number of aromatic nitrogens is 2. The molecule has 2 rings (SSSR count). The fourth-order valence-electron chi connectivity index (χ4n) is 2.26. The largest absolute Gasteiger partial charge is 0.334 e. The van der Waals surface area contributed by atoms with Gasteiger partial charge < -0.3 is 5.32 Å². The lowest BCUT2D eigenvalue weighted by Crippen LogP contribution is -2.46. The van der Waals surface area contributed by atoms with Crippen molar-refractivity contribution in [3.8, 4) is 6.07 Å². The van der Waals surface area contributed by atoms with Gasteiger partial charge in [0.15, 0.2) is 0 Å². The van der Waals surface area contributed by atoms with Crippen molar-refractivity contribution in [3.63, 3.8) is 0 Å². The molecule has 0 atom stereocenters. The van der Waals surface area contributed by atoms with Crippen LogP contribution in [0.2, 0.25) is 0 Å². The summed E-state index contributed by atoms with van der Waals surface area (Å²) in [5, 5.41) is 18.5. The maximum absolute atomic E-state index is 11.9. The number of nitriles is 1. The van der Waals surface area contributed by atoms with E-state index in [1.165, 1.54) is 12.4 Å². The minimum absolute atomic E-state index is 0.220. The summed E-state index contributed by atoms with van der Waals surface area (Å²) in [4.78, 5) is 11.9. The molecule has 90 valence electrons. The highest BCUT2D eigenvalue weighted by Gasteiger charge is 2.32. The first-order valence-electron chi connectivity index (χ1n) is 5.98. The van der Waals surface area contributed by atoms with Crippen molar-refractivity contribution in [1.82, 2.24) is 15.5 Å². The summed E-state index contributed by atoms with van der Waals surface area (Å²) in [7, 11) is 0. The normalized spacial score (nSPS) is 19.0. The third-order valence-corrected chi connectivity index (χ3v) is 3.28. The van der Waals surface area contributed by atoms with Gasteiger partial charge in [0, 0.05) is 6.20 Å². The van der Waals surface area contributed by atoms with Crippen LogP contribution >= 0.6 is 0 Å². The Bertz CT molecular complexity index is 410. The number of rotatable bonds is 2. The first-order valence-corrected chi connectivity index (χ1v) is 5.98. The first kappa shape index (κ1) is 11.6. The number of nitrogens with one attached hydrogen (secondary N) is 2. The van der Waals surface area contributed by atoms with Crippen LogP contribution in [0.4, 0.5) is 0 Å². The average Bonchev–Trinajstić information content (AvgIpc) is 2.78. The maximum atomic E-state index is 11.9. The molecule has 0 aliphatic heterocycles. The molecule has 5 heteroatoms. The average molecular weight is 232 g/mol. The van der Waals surface area contributed by atoms with E-state index >= 15 is 0 Å². The van der Waals surface area contributed by atoms with Crippen LogP contribution < -0.4 is 5.32 Å². The molecule has 1 amide bonds. The van der Waals surface area contributed by atoms with Crippen LogP contribution in [0, 0.1) is 11.3 Å². The van der Waals surface area contributed by atoms with Crippen molar-refractivity contribution in [3.05, 3.63) is 18.0 Å². The van der Waals surface area contributed by atoms with E-state index in [1.54, 1.807) is 0 Å². The van der Waals surface area contributed by atoms with E-state index in [0.29, 0.717) is 5.56 Å². The van der Waals surface area contributed by atoms with Gasteiger partial charge in [-0.15, -0.1) is 0 Å². The summed E-state index contributed by atoms with van der Waals surface area (Å²) in [6.45, 7) is 0. The summed E-state index contributed by atoms with van der Waals surface area (Å²) in [5.74, 6) is -0.220. The molecule has 0 spiro atoms. The van der Waals surface area contributed by atoms with Gasteiger partial charge in [-0.25, -0.2) is 0 Å². The third-order valence-electron chi connectivity index (χ3n) is 3.28. The molecule has 0 bridgehead atoms. The third kappa shape index (κ3) is 2.64. The zero-order valence-electron chi connectivity index (χ0n) is 9.70. The van der Waals surface area contributed by atoms with Crippen molar-refractivity contribution in [2.45, 2.75) is 44.1 Å². The second-order valence-electron chi connectivity index (χ2n) is 4.55. The highest BCUT2D eigenvalue weighted by Crippen LogP contribution is 2.26. The molecule has 0 aromatic carbocycles. The van der Waals surface area contributed by atoms with Crippen LogP contribution in [0.3, 0.4) is 0 Å². The molecule has 1 heterocycles.